The van der Waals surface area contributed by atoms with Gasteiger partial charge in [0.1, 0.15) is 10.6 Å². The van der Waals surface area contributed by atoms with Gasteiger partial charge in [-0.1, -0.05) is 18.5 Å². The predicted molar refractivity (Wildman–Crippen MR) is 56.1 cm³/mol. The van der Waals surface area contributed by atoms with Crippen molar-refractivity contribution in [3.8, 4) is 0 Å². The summed E-state index contributed by atoms with van der Waals surface area (Å²) in [5, 5.41) is 3.62. The summed E-state index contributed by atoms with van der Waals surface area (Å²) in [6.45, 7) is 5.66. The zero-order valence-electron chi connectivity index (χ0n) is 9.20. The zero-order chi connectivity index (χ0) is 11.5. The highest BCUT2D eigenvalue weighted by Crippen LogP contribution is 2.18. The smallest absolute Gasteiger partial charge is 0.245 e. The molecule has 15 heavy (non-hydrogen) atoms. The number of aryl methyl sites for hydroxylation is 2. The molecular weight excluding hydrogens is 216 g/mol. The van der Waals surface area contributed by atoms with E-state index in [4.69, 9.17) is 4.52 Å². The van der Waals surface area contributed by atoms with Crippen molar-refractivity contribution in [2.24, 2.45) is 0 Å². The van der Waals surface area contributed by atoms with Crippen LogP contribution in [0, 0.1) is 13.8 Å². The largest absolute Gasteiger partial charge is 0.360 e. The SMILES string of the molecule is CCCCNS(=O)(=O)c1c(C)noc1C. The third-order valence-corrected chi connectivity index (χ3v) is 3.76. The maximum Gasteiger partial charge on any atom is 0.245 e. The highest BCUT2D eigenvalue weighted by Gasteiger charge is 2.23. The van der Waals surface area contributed by atoms with Gasteiger partial charge in [0.2, 0.25) is 10.0 Å². The lowest BCUT2D eigenvalue weighted by Gasteiger charge is -2.04. The maximum atomic E-state index is 11.8. The molecular formula is C9H16N2O3S. The fourth-order valence-corrected chi connectivity index (χ4v) is 2.71. The average Bonchev–Trinajstić information content (AvgIpc) is 2.46. The Morgan fingerprint density at radius 2 is 2.07 bits per heavy atom. The van der Waals surface area contributed by atoms with Gasteiger partial charge in [-0.3, -0.25) is 0 Å². The number of sulfonamides is 1. The molecule has 0 saturated heterocycles. The first-order valence-corrected chi connectivity index (χ1v) is 6.40. The van der Waals surface area contributed by atoms with Crippen LogP contribution in [0.25, 0.3) is 0 Å². The molecule has 6 heteroatoms. The fraction of sp³-hybridized carbons (Fsp3) is 0.667. The van der Waals surface area contributed by atoms with Crippen molar-refractivity contribution < 1.29 is 12.9 Å². The van der Waals surface area contributed by atoms with Gasteiger partial charge < -0.3 is 4.52 Å². The fourth-order valence-electron chi connectivity index (χ4n) is 1.31. The predicted octanol–water partition coefficient (Wildman–Crippen LogP) is 1.37. The van der Waals surface area contributed by atoms with Crippen molar-refractivity contribution in [1.82, 2.24) is 9.88 Å². The number of nitrogens with zero attached hydrogens (tertiary/aromatic N) is 1. The molecule has 0 aliphatic rings. The topological polar surface area (TPSA) is 72.2 Å². The molecule has 0 saturated carbocycles. The van der Waals surface area contributed by atoms with E-state index in [0.717, 1.165) is 12.8 Å². The average molecular weight is 232 g/mol. The quantitative estimate of drug-likeness (QED) is 0.778. The minimum Gasteiger partial charge on any atom is -0.360 e. The minimum atomic E-state index is -3.46. The van der Waals surface area contributed by atoms with E-state index in [0.29, 0.717) is 18.0 Å². The van der Waals surface area contributed by atoms with E-state index in [1.807, 2.05) is 6.92 Å². The minimum absolute atomic E-state index is 0.165. The highest BCUT2D eigenvalue weighted by molar-refractivity contribution is 7.89. The number of hydrogen-bond donors (Lipinski definition) is 1. The summed E-state index contributed by atoms with van der Waals surface area (Å²) in [7, 11) is -3.46. The number of hydrogen-bond acceptors (Lipinski definition) is 4. The van der Waals surface area contributed by atoms with Gasteiger partial charge in [0.05, 0.1) is 0 Å². The molecule has 1 rings (SSSR count). The number of unbranched alkanes of at least 4 members (excludes halogenated alkanes) is 1. The monoisotopic (exact) mass is 232 g/mol. The molecule has 0 atom stereocenters. The van der Waals surface area contributed by atoms with E-state index in [9.17, 15) is 8.42 Å². The lowest BCUT2D eigenvalue weighted by Crippen LogP contribution is -2.25. The molecule has 0 bridgehead atoms. The standard InChI is InChI=1S/C9H16N2O3S/c1-4-5-6-10-15(12,13)9-7(2)11-14-8(9)3/h10H,4-6H2,1-3H3. The van der Waals surface area contributed by atoms with Crippen molar-refractivity contribution in [2.45, 2.75) is 38.5 Å². The summed E-state index contributed by atoms with van der Waals surface area (Å²) < 4.78 is 30.9. The van der Waals surface area contributed by atoms with Gasteiger partial charge in [0, 0.05) is 6.54 Å². The van der Waals surface area contributed by atoms with Crippen molar-refractivity contribution in [2.75, 3.05) is 6.54 Å². The summed E-state index contributed by atoms with van der Waals surface area (Å²) in [6, 6.07) is 0. The number of rotatable bonds is 5. The van der Waals surface area contributed by atoms with Crippen molar-refractivity contribution >= 4 is 10.0 Å². The normalized spacial score (nSPS) is 11.9. The van der Waals surface area contributed by atoms with Crippen molar-refractivity contribution in [3.63, 3.8) is 0 Å². The Kier molecular flexibility index (Phi) is 3.87. The van der Waals surface area contributed by atoms with Crippen LogP contribution in [0.1, 0.15) is 31.2 Å². The van der Waals surface area contributed by atoms with Crippen LogP contribution in [0.15, 0.2) is 9.42 Å². The van der Waals surface area contributed by atoms with Crippen molar-refractivity contribution in [3.05, 3.63) is 11.5 Å². The molecule has 0 fully saturated rings. The van der Waals surface area contributed by atoms with Crippen LogP contribution in [0.3, 0.4) is 0 Å². The number of aromatic nitrogens is 1. The van der Waals surface area contributed by atoms with Crippen LogP contribution < -0.4 is 4.72 Å². The molecule has 0 amide bonds. The Hall–Kier alpha value is -0.880. The number of nitrogens with one attached hydrogen (secondary N) is 1. The van der Waals surface area contributed by atoms with Crippen LogP contribution >= 0.6 is 0 Å². The highest BCUT2D eigenvalue weighted by atomic mass is 32.2. The van der Waals surface area contributed by atoms with E-state index in [1.54, 1.807) is 13.8 Å². The molecule has 1 N–H and O–H groups in total. The van der Waals surface area contributed by atoms with Gasteiger partial charge in [-0.15, -0.1) is 0 Å². The molecule has 0 aliphatic heterocycles. The van der Waals surface area contributed by atoms with Crippen LogP contribution in [-0.4, -0.2) is 20.1 Å². The Labute approximate surface area is 89.9 Å². The van der Waals surface area contributed by atoms with Gasteiger partial charge in [-0.05, 0) is 20.3 Å². The summed E-state index contributed by atoms with van der Waals surface area (Å²) in [4.78, 5) is 0.165. The van der Waals surface area contributed by atoms with Gasteiger partial charge in [-0.2, -0.15) is 0 Å². The summed E-state index contributed by atoms with van der Waals surface area (Å²) in [6.07, 6.45) is 1.77. The Morgan fingerprint density at radius 1 is 1.40 bits per heavy atom. The van der Waals surface area contributed by atoms with E-state index in [-0.39, 0.29) is 4.90 Å². The van der Waals surface area contributed by atoms with Gasteiger partial charge in [0.15, 0.2) is 5.76 Å². The van der Waals surface area contributed by atoms with Crippen LogP contribution in [0.5, 0.6) is 0 Å². The second kappa shape index (κ2) is 4.76. The van der Waals surface area contributed by atoms with E-state index in [1.165, 1.54) is 0 Å². The van der Waals surface area contributed by atoms with Gasteiger partial charge in [0.25, 0.3) is 0 Å². The lowest BCUT2D eigenvalue weighted by molar-refractivity contribution is 0.390. The van der Waals surface area contributed by atoms with Gasteiger partial charge in [-0.25, -0.2) is 13.1 Å². The third kappa shape index (κ3) is 2.79. The molecule has 0 spiro atoms. The van der Waals surface area contributed by atoms with Crippen LogP contribution in [0.4, 0.5) is 0 Å². The first kappa shape index (κ1) is 12.2. The third-order valence-electron chi connectivity index (χ3n) is 2.06. The van der Waals surface area contributed by atoms with Gasteiger partial charge >= 0.3 is 0 Å². The molecule has 0 aromatic carbocycles. The molecule has 0 unspecified atom stereocenters. The van der Waals surface area contributed by atoms with Crippen LogP contribution in [-0.2, 0) is 10.0 Å². The Balaban J connectivity index is 2.87. The summed E-state index contributed by atoms with van der Waals surface area (Å²) >= 11 is 0. The molecule has 0 aliphatic carbocycles. The molecule has 1 aromatic rings. The summed E-state index contributed by atoms with van der Waals surface area (Å²) in [5.41, 5.74) is 0.400. The first-order chi connectivity index (χ1) is 6.99. The second-order valence-corrected chi connectivity index (χ2v) is 5.11. The van der Waals surface area contributed by atoms with E-state index >= 15 is 0 Å². The molecule has 0 radical (unpaired) electrons. The molecule has 5 nitrogen and oxygen atoms in total. The van der Waals surface area contributed by atoms with Crippen molar-refractivity contribution in [1.29, 1.82) is 0 Å². The van der Waals surface area contributed by atoms with E-state index < -0.39 is 10.0 Å². The Bertz CT molecular complexity index is 403. The second-order valence-electron chi connectivity index (χ2n) is 3.40. The summed E-state index contributed by atoms with van der Waals surface area (Å²) in [5.74, 6) is 0.330. The maximum absolute atomic E-state index is 11.8. The lowest BCUT2D eigenvalue weighted by atomic mass is 10.3. The molecule has 1 aromatic heterocycles. The van der Waals surface area contributed by atoms with E-state index in [2.05, 4.69) is 9.88 Å². The first-order valence-electron chi connectivity index (χ1n) is 4.91. The van der Waals surface area contributed by atoms with Crippen LogP contribution in [0.2, 0.25) is 0 Å². The molecule has 86 valence electrons. The molecule has 1 heterocycles. The zero-order valence-corrected chi connectivity index (χ0v) is 10.0. The Morgan fingerprint density at radius 3 is 2.53 bits per heavy atom.